The van der Waals surface area contributed by atoms with Crippen molar-refractivity contribution >= 4 is 28.7 Å². The van der Waals surface area contributed by atoms with E-state index < -0.39 is 0 Å². The number of alkyl halides is 1. The van der Waals surface area contributed by atoms with Gasteiger partial charge in [-0.3, -0.25) is 0 Å². The van der Waals surface area contributed by atoms with E-state index in [-0.39, 0.29) is 6.04 Å². The van der Waals surface area contributed by atoms with Gasteiger partial charge in [0.25, 0.3) is 0 Å². The maximum absolute atomic E-state index is 10.2. The minimum atomic E-state index is 0.0225. The molecule has 0 amide bonds. The average Bonchev–Trinajstić information content (AvgIpc) is 2.44. The number of hydrogen-bond acceptors (Lipinski definition) is 2. The van der Waals surface area contributed by atoms with Crippen molar-refractivity contribution in [2.75, 3.05) is 0 Å². The summed E-state index contributed by atoms with van der Waals surface area (Å²) in [7, 11) is 0. The molecule has 0 heterocycles. The molecule has 0 bridgehead atoms. The first-order chi connectivity index (χ1) is 6.33. The van der Waals surface area contributed by atoms with Crippen molar-refractivity contribution in [3.63, 3.8) is 0 Å². The third-order valence-corrected chi connectivity index (χ3v) is 3.44. The van der Waals surface area contributed by atoms with Crippen molar-refractivity contribution in [2.45, 2.75) is 16.4 Å². The van der Waals surface area contributed by atoms with E-state index >= 15 is 0 Å². The van der Waals surface area contributed by atoms with Crippen LogP contribution in [0, 0.1) is 0 Å². The zero-order chi connectivity index (χ0) is 9.26. The quantitative estimate of drug-likeness (QED) is 0.337. The molecule has 0 saturated heterocycles. The molecule has 0 unspecified atom stereocenters. The molecule has 0 aromatic heterocycles. The van der Waals surface area contributed by atoms with E-state index in [9.17, 15) is 4.79 Å². The highest BCUT2D eigenvalue weighted by Gasteiger charge is 2.29. The standard InChI is InChI=1S/C10H8INO/c11-9-5-7-3-1-2-4-8(7)10(9)12-6-13/h1-4,9-10H,5H2/t9-,10-/m0/s1. The van der Waals surface area contributed by atoms with Crippen LogP contribution in [-0.2, 0) is 11.2 Å². The lowest BCUT2D eigenvalue weighted by atomic mass is 10.1. The van der Waals surface area contributed by atoms with E-state index in [1.165, 1.54) is 11.1 Å². The second kappa shape index (κ2) is 3.60. The molecule has 1 aliphatic carbocycles. The summed E-state index contributed by atoms with van der Waals surface area (Å²) in [6, 6.07) is 8.17. The van der Waals surface area contributed by atoms with Crippen LogP contribution in [0.3, 0.4) is 0 Å². The molecule has 2 nitrogen and oxygen atoms in total. The Kier molecular flexibility index (Phi) is 2.47. The molecule has 0 saturated carbocycles. The molecular formula is C10H8INO. The monoisotopic (exact) mass is 285 g/mol. The number of benzene rings is 1. The smallest absolute Gasteiger partial charge is 0.211 e. The van der Waals surface area contributed by atoms with Crippen molar-refractivity contribution in [1.29, 1.82) is 0 Å². The maximum atomic E-state index is 10.2. The van der Waals surface area contributed by atoms with E-state index in [2.05, 4.69) is 33.6 Å². The Morgan fingerprint density at radius 3 is 3.00 bits per heavy atom. The van der Waals surface area contributed by atoms with E-state index in [4.69, 9.17) is 0 Å². The molecule has 0 N–H and O–H groups in total. The van der Waals surface area contributed by atoms with Crippen LogP contribution >= 0.6 is 22.6 Å². The van der Waals surface area contributed by atoms with Crippen LogP contribution in [0.5, 0.6) is 0 Å². The summed E-state index contributed by atoms with van der Waals surface area (Å²) in [6.45, 7) is 0. The fourth-order valence-corrected chi connectivity index (χ4v) is 2.76. The first-order valence-electron chi connectivity index (χ1n) is 4.12. The van der Waals surface area contributed by atoms with Gasteiger partial charge < -0.3 is 0 Å². The zero-order valence-electron chi connectivity index (χ0n) is 6.90. The Bertz CT molecular complexity index is 371. The summed E-state index contributed by atoms with van der Waals surface area (Å²) in [5, 5.41) is 0. The van der Waals surface area contributed by atoms with Crippen molar-refractivity contribution in [3.8, 4) is 0 Å². The largest absolute Gasteiger partial charge is 0.235 e. The van der Waals surface area contributed by atoms with Gasteiger partial charge in [-0.1, -0.05) is 46.9 Å². The lowest BCUT2D eigenvalue weighted by Crippen LogP contribution is -2.02. The van der Waals surface area contributed by atoms with Crippen LogP contribution in [0.2, 0.25) is 0 Å². The van der Waals surface area contributed by atoms with E-state index in [0.717, 1.165) is 6.42 Å². The third-order valence-electron chi connectivity index (χ3n) is 2.32. The SMILES string of the molecule is O=C=N[C@H]1c2ccccc2C[C@@H]1I. The number of aliphatic imine (C=N–C) groups is 1. The topological polar surface area (TPSA) is 29.4 Å². The summed E-state index contributed by atoms with van der Waals surface area (Å²) in [6.07, 6.45) is 2.66. The molecule has 1 aromatic rings. The first-order valence-corrected chi connectivity index (χ1v) is 5.36. The minimum Gasteiger partial charge on any atom is -0.211 e. The number of nitrogens with zero attached hydrogens (tertiary/aromatic N) is 1. The lowest BCUT2D eigenvalue weighted by molar-refractivity contribution is 0.558. The van der Waals surface area contributed by atoms with Crippen molar-refractivity contribution < 1.29 is 4.79 Å². The van der Waals surface area contributed by atoms with Gasteiger partial charge in [-0.25, -0.2) is 4.79 Å². The summed E-state index contributed by atoms with van der Waals surface area (Å²) >= 11 is 2.34. The molecule has 0 spiro atoms. The Hall–Kier alpha value is -0.670. The molecule has 1 aliphatic rings. The Morgan fingerprint density at radius 2 is 2.23 bits per heavy atom. The fraction of sp³-hybridized carbons (Fsp3) is 0.300. The van der Waals surface area contributed by atoms with Gasteiger partial charge in [-0.15, -0.1) is 0 Å². The summed E-state index contributed by atoms with van der Waals surface area (Å²) in [5.74, 6) is 0. The molecule has 1 aromatic carbocycles. The summed E-state index contributed by atoms with van der Waals surface area (Å²) < 4.78 is 0.399. The molecule has 2 rings (SSSR count). The molecular weight excluding hydrogens is 277 g/mol. The number of carbonyl (C=O) groups excluding carboxylic acids is 1. The van der Waals surface area contributed by atoms with E-state index in [1.54, 1.807) is 6.08 Å². The number of isocyanates is 1. The molecule has 0 fully saturated rings. The lowest BCUT2D eigenvalue weighted by Gasteiger charge is -2.06. The van der Waals surface area contributed by atoms with Crippen LogP contribution in [0.1, 0.15) is 17.2 Å². The van der Waals surface area contributed by atoms with Crippen LogP contribution in [0.15, 0.2) is 29.3 Å². The van der Waals surface area contributed by atoms with Gasteiger partial charge in [0, 0.05) is 3.92 Å². The average molecular weight is 285 g/mol. The van der Waals surface area contributed by atoms with E-state index in [0.29, 0.717) is 3.92 Å². The highest BCUT2D eigenvalue weighted by molar-refractivity contribution is 14.1. The second-order valence-corrected chi connectivity index (χ2v) is 4.68. The molecule has 2 atom stereocenters. The molecule has 13 heavy (non-hydrogen) atoms. The number of fused-ring (bicyclic) bond motifs is 1. The predicted molar refractivity (Wildman–Crippen MR) is 58.8 cm³/mol. The van der Waals surface area contributed by atoms with E-state index in [1.807, 2.05) is 18.2 Å². The van der Waals surface area contributed by atoms with Crippen LogP contribution < -0.4 is 0 Å². The van der Waals surface area contributed by atoms with Crippen molar-refractivity contribution in [2.24, 2.45) is 4.99 Å². The molecule has 0 aliphatic heterocycles. The van der Waals surface area contributed by atoms with Gasteiger partial charge in [-0.2, -0.15) is 4.99 Å². The first kappa shape index (κ1) is 8.91. The number of hydrogen-bond donors (Lipinski definition) is 0. The molecule has 3 heteroatoms. The van der Waals surface area contributed by atoms with Gasteiger partial charge in [0.2, 0.25) is 6.08 Å². The van der Waals surface area contributed by atoms with Crippen molar-refractivity contribution in [1.82, 2.24) is 0 Å². The third kappa shape index (κ3) is 1.54. The highest BCUT2D eigenvalue weighted by atomic mass is 127. The summed E-state index contributed by atoms with van der Waals surface area (Å²) in [4.78, 5) is 14.1. The highest BCUT2D eigenvalue weighted by Crippen LogP contribution is 2.38. The van der Waals surface area contributed by atoms with Gasteiger partial charge in [0.15, 0.2) is 0 Å². The normalized spacial score (nSPS) is 25.0. The van der Waals surface area contributed by atoms with Crippen LogP contribution in [0.4, 0.5) is 0 Å². The fourth-order valence-electron chi connectivity index (χ4n) is 1.73. The Labute approximate surface area is 90.2 Å². The summed E-state index contributed by atoms with van der Waals surface area (Å²) in [5.41, 5.74) is 2.50. The predicted octanol–water partition coefficient (Wildman–Crippen LogP) is 2.42. The maximum Gasteiger partial charge on any atom is 0.235 e. The minimum absolute atomic E-state index is 0.0225. The zero-order valence-corrected chi connectivity index (χ0v) is 9.06. The second-order valence-electron chi connectivity index (χ2n) is 3.08. The number of halogens is 1. The van der Waals surface area contributed by atoms with Gasteiger partial charge in [0.1, 0.15) is 0 Å². The number of rotatable bonds is 1. The van der Waals surface area contributed by atoms with Crippen LogP contribution in [0.25, 0.3) is 0 Å². The van der Waals surface area contributed by atoms with Crippen molar-refractivity contribution in [3.05, 3.63) is 35.4 Å². The Balaban J connectivity index is 2.46. The molecule has 0 radical (unpaired) electrons. The van der Waals surface area contributed by atoms with Crippen LogP contribution in [-0.4, -0.2) is 10.0 Å². The van der Waals surface area contributed by atoms with Gasteiger partial charge in [-0.05, 0) is 17.5 Å². The van der Waals surface area contributed by atoms with Gasteiger partial charge >= 0.3 is 0 Å². The Morgan fingerprint density at radius 1 is 1.46 bits per heavy atom. The molecule has 66 valence electrons. The van der Waals surface area contributed by atoms with Gasteiger partial charge in [0.05, 0.1) is 6.04 Å².